The molecule has 0 atom stereocenters. The first-order chi connectivity index (χ1) is 9.15. The maximum absolute atomic E-state index is 5.98. The standard InChI is InChI=1S/C13H18ClN5/c1-8-3-5-9(6-4-8)19(2)12-10-11(16-7-15-10)17-13(14)18-12/h7-9H,3-6H2,1-2H3,(H,15,16,17,18). The average Bonchev–Trinajstić information content (AvgIpc) is 2.85. The largest absolute Gasteiger partial charge is 0.355 e. The minimum atomic E-state index is 0.255. The van der Waals surface area contributed by atoms with Crippen molar-refractivity contribution in [2.45, 2.75) is 38.6 Å². The number of halogens is 1. The molecule has 0 radical (unpaired) electrons. The molecule has 5 nitrogen and oxygen atoms in total. The lowest BCUT2D eigenvalue weighted by Gasteiger charge is -2.34. The molecule has 1 aliphatic carbocycles. The smallest absolute Gasteiger partial charge is 0.226 e. The molecule has 1 aliphatic rings. The number of hydrogen-bond donors (Lipinski definition) is 1. The van der Waals surface area contributed by atoms with Crippen LogP contribution < -0.4 is 4.90 Å². The molecule has 2 aromatic heterocycles. The van der Waals surface area contributed by atoms with Crippen molar-refractivity contribution >= 4 is 28.6 Å². The molecule has 6 heteroatoms. The predicted octanol–water partition coefficient (Wildman–Crippen LogP) is 3.02. The lowest BCUT2D eigenvalue weighted by molar-refractivity contribution is 0.340. The summed E-state index contributed by atoms with van der Waals surface area (Å²) in [5.74, 6) is 1.69. The number of rotatable bonds is 2. The van der Waals surface area contributed by atoms with E-state index in [0.717, 1.165) is 17.3 Å². The molecule has 0 bridgehead atoms. The Balaban J connectivity index is 1.92. The molecule has 0 spiro atoms. The Labute approximate surface area is 117 Å². The molecule has 2 aromatic rings. The Hall–Kier alpha value is -1.36. The Bertz CT molecular complexity index is 573. The molecule has 1 saturated carbocycles. The number of aromatic amines is 1. The van der Waals surface area contributed by atoms with Crippen LogP contribution in [-0.4, -0.2) is 33.0 Å². The third kappa shape index (κ3) is 2.39. The number of imidazole rings is 1. The highest BCUT2D eigenvalue weighted by Gasteiger charge is 2.24. The SMILES string of the molecule is CC1CCC(N(C)c2nc(Cl)nc3nc[nH]c23)CC1. The molecule has 1 N–H and O–H groups in total. The van der Waals surface area contributed by atoms with Gasteiger partial charge in [0.05, 0.1) is 6.33 Å². The molecule has 102 valence electrons. The van der Waals surface area contributed by atoms with E-state index >= 15 is 0 Å². The summed E-state index contributed by atoms with van der Waals surface area (Å²) in [6, 6.07) is 0.522. The van der Waals surface area contributed by atoms with E-state index in [2.05, 4.69) is 38.8 Å². The number of aromatic nitrogens is 4. The van der Waals surface area contributed by atoms with Crippen molar-refractivity contribution in [1.82, 2.24) is 19.9 Å². The first-order valence-corrected chi connectivity index (χ1v) is 7.12. The van der Waals surface area contributed by atoms with E-state index in [1.165, 1.54) is 25.7 Å². The van der Waals surface area contributed by atoms with Crippen LogP contribution in [0.4, 0.5) is 5.82 Å². The summed E-state index contributed by atoms with van der Waals surface area (Å²) in [6.45, 7) is 2.32. The topological polar surface area (TPSA) is 57.7 Å². The van der Waals surface area contributed by atoms with Crippen LogP contribution in [0.5, 0.6) is 0 Å². The van der Waals surface area contributed by atoms with Gasteiger partial charge < -0.3 is 9.88 Å². The second-order valence-corrected chi connectivity index (χ2v) is 5.78. The minimum Gasteiger partial charge on any atom is -0.355 e. The second-order valence-electron chi connectivity index (χ2n) is 5.44. The van der Waals surface area contributed by atoms with Crippen molar-refractivity contribution in [1.29, 1.82) is 0 Å². The Morgan fingerprint density at radius 3 is 2.74 bits per heavy atom. The molecule has 2 heterocycles. The van der Waals surface area contributed by atoms with E-state index in [1.54, 1.807) is 6.33 Å². The van der Waals surface area contributed by atoms with Crippen molar-refractivity contribution in [3.8, 4) is 0 Å². The van der Waals surface area contributed by atoms with Gasteiger partial charge in [-0.2, -0.15) is 9.97 Å². The van der Waals surface area contributed by atoms with Gasteiger partial charge in [0.2, 0.25) is 5.28 Å². The number of H-pyrrole nitrogens is 1. The third-order valence-corrected chi connectivity index (χ3v) is 4.28. The summed E-state index contributed by atoms with van der Waals surface area (Å²) < 4.78 is 0. The van der Waals surface area contributed by atoms with E-state index in [1.807, 2.05) is 0 Å². The number of fused-ring (bicyclic) bond motifs is 1. The van der Waals surface area contributed by atoms with Gasteiger partial charge >= 0.3 is 0 Å². The van der Waals surface area contributed by atoms with E-state index in [0.29, 0.717) is 11.7 Å². The van der Waals surface area contributed by atoms with Crippen LogP contribution in [-0.2, 0) is 0 Å². The predicted molar refractivity (Wildman–Crippen MR) is 76.5 cm³/mol. The van der Waals surface area contributed by atoms with E-state index in [9.17, 15) is 0 Å². The number of nitrogens with one attached hydrogen (secondary N) is 1. The molecule has 0 unspecified atom stereocenters. The molecular weight excluding hydrogens is 262 g/mol. The van der Waals surface area contributed by atoms with Crippen molar-refractivity contribution < 1.29 is 0 Å². The summed E-state index contributed by atoms with van der Waals surface area (Å²) in [5.41, 5.74) is 1.50. The number of hydrogen-bond acceptors (Lipinski definition) is 4. The van der Waals surface area contributed by atoms with Crippen molar-refractivity contribution in [3.05, 3.63) is 11.6 Å². The van der Waals surface area contributed by atoms with Crippen LogP contribution in [0.25, 0.3) is 11.2 Å². The maximum Gasteiger partial charge on any atom is 0.226 e. The molecule has 19 heavy (non-hydrogen) atoms. The van der Waals surface area contributed by atoms with Crippen LogP contribution in [0.1, 0.15) is 32.6 Å². The Kier molecular flexibility index (Phi) is 3.31. The number of anilines is 1. The van der Waals surface area contributed by atoms with Crippen LogP contribution >= 0.6 is 11.6 Å². The Morgan fingerprint density at radius 2 is 2.00 bits per heavy atom. The van der Waals surface area contributed by atoms with E-state index in [4.69, 9.17) is 11.6 Å². The van der Waals surface area contributed by atoms with Crippen molar-refractivity contribution in [3.63, 3.8) is 0 Å². The average molecular weight is 280 g/mol. The fraction of sp³-hybridized carbons (Fsp3) is 0.615. The number of nitrogens with zero attached hydrogens (tertiary/aromatic N) is 4. The molecule has 0 aromatic carbocycles. The zero-order chi connectivity index (χ0) is 13.4. The second kappa shape index (κ2) is 4.96. The monoisotopic (exact) mass is 279 g/mol. The zero-order valence-electron chi connectivity index (χ0n) is 11.2. The van der Waals surface area contributed by atoms with Crippen LogP contribution in [0, 0.1) is 5.92 Å². The molecule has 3 rings (SSSR count). The van der Waals surface area contributed by atoms with Gasteiger partial charge in [0, 0.05) is 13.1 Å². The highest BCUT2D eigenvalue weighted by Crippen LogP contribution is 2.31. The van der Waals surface area contributed by atoms with E-state index in [-0.39, 0.29) is 5.28 Å². The van der Waals surface area contributed by atoms with Gasteiger partial charge in [0.25, 0.3) is 0 Å². The normalized spacial score (nSPS) is 23.7. The third-order valence-electron chi connectivity index (χ3n) is 4.11. The van der Waals surface area contributed by atoms with Gasteiger partial charge in [-0.15, -0.1) is 0 Å². The summed E-state index contributed by atoms with van der Waals surface area (Å²) in [5, 5.41) is 0.255. The van der Waals surface area contributed by atoms with Gasteiger partial charge in [0.1, 0.15) is 5.52 Å². The summed E-state index contributed by atoms with van der Waals surface area (Å²) in [7, 11) is 2.08. The molecule has 0 saturated heterocycles. The van der Waals surface area contributed by atoms with Gasteiger partial charge in [-0.05, 0) is 43.2 Å². The lowest BCUT2D eigenvalue weighted by atomic mass is 9.87. The van der Waals surface area contributed by atoms with Crippen LogP contribution in [0.2, 0.25) is 5.28 Å². The Morgan fingerprint density at radius 1 is 1.26 bits per heavy atom. The van der Waals surface area contributed by atoms with Crippen LogP contribution in [0.15, 0.2) is 6.33 Å². The first-order valence-electron chi connectivity index (χ1n) is 6.74. The fourth-order valence-electron chi connectivity index (χ4n) is 2.85. The summed E-state index contributed by atoms with van der Waals surface area (Å²) in [4.78, 5) is 18.0. The van der Waals surface area contributed by atoms with Gasteiger partial charge in [-0.3, -0.25) is 0 Å². The summed E-state index contributed by atoms with van der Waals surface area (Å²) >= 11 is 5.98. The fourth-order valence-corrected chi connectivity index (χ4v) is 3.01. The van der Waals surface area contributed by atoms with Gasteiger partial charge in [-0.25, -0.2) is 4.98 Å². The van der Waals surface area contributed by atoms with Gasteiger partial charge in [0.15, 0.2) is 11.5 Å². The van der Waals surface area contributed by atoms with Gasteiger partial charge in [-0.1, -0.05) is 6.92 Å². The molecular formula is C13H18ClN5. The zero-order valence-corrected chi connectivity index (χ0v) is 12.0. The van der Waals surface area contributed by atoms with Crippen molar-refractivity contribution in [2.75, 3.05) is 11.9 Å². The highest BCUT2D eigenvalue weighted by molar-refractivity contribution is 6.28. The molecule has 1 fully saturated rings. The molecule has 0 amide bonds. The van der Waals surface area contributed by atoms with Crippen LogP contribution in [0.3, 0.4) is 0 Å². The molecule has 0 aliphatic heterocycles. The lowest BCUT2D eigenvalue weighted by Crippen LogP contribution is -2.35. The van der Waals surface area contributed by atoms with Crippen molar-refractivity contribution in [2.24, 2.45) is 5.92 Å². The first kappa shape index (κ1) is 12.7. The maximum atomic E-state index is 5.98. The van der Waals surface area contributed by atoms with E-state index < -0.39 is 0 Å². The highest BCUT2D eigenvalue weighted by atomic mass is 35.5. The quantitative estimate of drug-likeness (QED) is 0.859. The minimum absolute atomic E-state index is 0.255. The summed E-state index contributed by atoms with van der Waals surface area (Å²) in [6.07, 6.45) is 6.60.